The van der Waals surface area contributed by atoms with Crippen LogP contribution in [0, 0.1) is 0 Å². The maximum Gasteiger partial charge on any atom is 0.185 e. The van der Waals surface area contributed by atoms with E-state index in [4.69, 9.17) is 9.47 Å². The van der Waals surface area contributed by atoms with Gasteiger partial charge < -0.3 is 9.47 Å². The number of fused-ring (bicyclic) bond motifs is 1. The molecule has 4 heteroatoms. The van der Waals surface area contributed by atoms with Gasteiger partial charge in [-0.2, -0.15) is 0 Å². The fraction of sp³-hybridized carbons (Fsp3) is 0.444. The van der Waals surface area contributed by atoms with E-state index in [0.717, 1.165) is 16.4 Å². The number of ether oxygens (including phenoxy) is 2. The Morgan fingerprint density at radius 3 is 2.92 bits per heavy atom. The fourth-order valence-corrected chi connectivity index (χ4v) is 2.15. The van der Waals surface area contributed by atoms with E-state index >= 15 is 0 Å². The standard InChI is InChI=1S/C9H12NO2S/c1-10(2)5-8-9-7(6-13-8)11-3-4-12-9/h5-6H,3-4H2,1-2H3/q+1. The molecule has 0 fully saturated rings. The lowest BCUT2D eigenvalue weighted by atomic mass is 10.4. The van der Waals surface area contributed by atoms with Gasteiger partial charge in [-0.3, -0.25) is 0 Å². The monoisotopic (exact) mass is 198 g/mol. The van der Waals surface area contributed by atoms with E-state index in [9.17, 15) is 0 Å². The molecule has 0 unspecified atom stereocenters. The molecular formula is C9H12NO2S+. The Bertz CT molecular complexity index is 339. The first-order valence-corrected chi connectivity index (χ1v) is 5.04. The molecule has 1 aliphatic heterocycles. The summed E-state index contributed by atoms with van der Waals surface area (Å²) in [7, 11) is 3.99. The molecule has 0 N–H and O–H groups in total. The minimum Gasteiger partial charge on any atom is -0.485 e. The van der Waals surface area contributed by atoms with Crippen LogP contribution in [0.4, 0.5) is 0 Å². The van der Waals surface area contributed by atoms with E-state index in [1.165, 1.54) is 0 Å². The van der Waals surface area contributed by atoms with Crippen LogP contribution in [0.5, 0.6) is 11.5 Å². The van der Waals surface area contributed by atoms with Crippen LogP contribution in [0.3, 0.4) is 0 Å². The molecule has 0 bridgehead atoms. The number of rotatable bonds is 1. The van der Waals surface area contributed by atoms with Crippen LogP contribution in [-0.4, -0.2) is 38.1 Å². The third-order valence-electron chi connectivity index (χ3n) is 1.70. The molecule has 0 amide bonds. The van der Waals surface area contributed by atoms with Gasteiger partial charge >= 0.3 is 0 Å². The van der Waals surface area contributed by atoms with Crippen molar-refractivity contribution < 1.29 is 14.0 Å². The van der Waals surface area contributed by atoms with Crippen molar-refractivity contribution in [2.45, 2.75) is 0 Å². The smallest absolute Gasteiger partial charge is 0.185 e. The van der Waals surface area contributed by atoms with Crippen LogP contribution in [0.2, 0.25) is 0 Å². The first kappa shape index (κ1) is 8.56. The summed E-state index contributed by atoms with van der Waals surface area (Å²) in [6.07, 6.45) is 2.04. The van der Waals surface area contributed by atoms with E-state index in [1.807, 2.05) is 30.3 Å². The van der Waals surface area contributed by atoms with Gasteiger partial charge in [0.2, 0.25) is 0 Å². The van der Waals surface area contributed by atoms with Gasteiger partial charge in [0.1, 0.15) is 32.2 Å². The zero-order chi connectivity index (χ0) is 9.26. The van der Waals surface area contributed by atoms with Crippen LogP contribution >= 0.6 is 11.3 Å². The summed E-state index contributed by atoms with van der Waals surface area (Å²) in [4.78, 5) is 1.12. The molecule has 0 atom stereocenters. The van der Waals surface area contributed by atoms with Crippen molar-refractivity contribution in [1.82, 2.24) is 0 Å². The first-order chi connectivity index (χ1) is 6.27. The number of hydrogen-bond donors (Lipinski definition) is 0. The zero-order valence-corrected chi connectivity index (χ0v) is 8.56. The Hall–Kier alpha value is -1.03. The Labute approximate surface area is 81.2 Å². The number of thiophene rings is 1. The van der Waals surface area contributed by atoms with Crippen molar-refractivity contribution in [3.63, 3.8) is 0 Å². The topological polar surface area (TPSA) is 21.5 Å². The molecule has 1 aliphatic rings. The van der Waals surface area contributed by atoms with Crippen LogP contribution in [-0.2, 0) is 0 Å². The molecule has 1 aromatic heterocycles. The van der Waals surface area contributed by atoms with Crippen molar-refractivity contribution >= 4 is 17.6 Å². The predicted molar refractivity (Wildman–Crippen MR) is 52.6 cm³/mol. The highest BCUT2D eigenvalue weighted by atomic mass is 32.1. The maximum absolute atomic E-state index is 5.52. The maximum atomic E-state index is 5.52. The Morgan fingerprint density at radius 1 is 1.38 bits per heavy atom. The van der Waals surface area contributed by atoms with Gasteiger partial charge in [-0.05, 0) is 0 Å². The van der Waals surface area contributed by atoms with Gasteiger partial charge in [0.25, 0.3) is 0 Å². The second-order valence-corrected chi connectivity index (χ2v) is 3.99. The van der Waals surface area contributed by atoms with Gasteiger partial charge in [0, 0.05) is 5.38 Å². The lowest BCUT2D eigenvalue weighted by Gasteiger charge is -2.14. The average molecular weight is 198 g/mol. The highest BCUT2D eigenvalue weighted by Crippen LogP contribution is 2.37. The summed E-state index contributed by atoms with van der Waals surface area (Å²) in [5.74, 6) is 1.77. The molecule has 2 heterocycles. The molecule has 0 saturated heterocycles. The van der Waals surface area contributed by atoms with E-state index in [2.05, 4.69) is 0 Å². The summed E-state index contributed by atoms with van der Waals surface area (Å²) in [6.45, 7) is 1.31. The molecule has 2 rings (SSSR count). The van der Waals surface area contributed by atoms with Crippen LogP contribution < -0.4 is 9.47 Å². The van der Waals surface area contributed by atoms with Crippen molar-refractivity contribution in [2.75, 3.05) is 27.3 Å². The molecule has 0 radical (unpaired) electrons. The number of hydrogen-bond acceptors (Lipinski definition) is 3. The minimum atomic E-state index is 0.651. The zero-order valence-electron chi connectivity index (χ0n) is 7.74. The van der Waals surface area contributed by atoms with Crippen molar-refractivity contribution in [2.24, 2.45) is 0 Å². The third-order valence-corrected chi connectivity index (χ3v) is 2.58. The summed E-state index contributed by atoms with van der Waals surface area (Å²) >= 11 is 1.65. The molecule has 0 saturated carbocycles. The van der Waals surface area contributed by atoms with Crippen molar-refractivity contribution in [3.8, 4) is 11.5 Å². The normalized spacial score (nSPS) is 14.0. The van der Waals surface area contributed by atoms with Gasteiger partial charge in [-0.15, -0.1) is 11.3 Å². The quantitative estimate of drug-likeness (QED) is 0.499. The van der Waals surface area contributed by atoms with Gasteiger partial charge in [-0.25, -0.2) is 4.58 Å². The van der Waals surface area contributed by atoms with E-state index in [1.54, 1.807) is 11.3 Å². The summed E-state index contributed by atoms with van der Waals surface area (Å²) in [5.41, 5.74) is 0. The summed E-state index contributed by atoms with van der Waals surface area (Å²) in [5, 5.41) is 1.99. The summed E-state index contributed by atoms with van der Waals surface area (Å²) < 4.78 is 13.0. The van der Waals surface area contributed by atoms with Gasteiger partial charge in [-0.1, -0.05) is 0 Å². The van der Waals surface area contributed by atoms with Gasteiger partial charge in [0.05, 0.1) is 0 Å². The molecule has 13 heavy (non-hydrogen) atoms. The van der Waals surface area contributed by atoms with E-state index < -0.39 is 0 Å². The molecule has 0 aromatic carbocycles. The van der Waals surface area contributed by atoms with E-state index in [0.29, 0.717) is 13.2 Å². The highest BCUT2D eigenvalue weighted by Gasteiger charge is 2.18. The molecule has 0 spiro atoms. The Balaban J connectivity index is 2.37. The first-order valence-electron chi connectivity index (χ1n) is 4.16. The minimum absolute atomic E-state index is 0.651. The molecule has 1 aromatic rings. The van der Waals surface area contributed by atoms with Crippen molar-refractivity contribution in [3.05, 3.63) is 10.3 Å². The lowest BCUT2D eigenvalue weighted by molar-refractivity contribution is -0.458. The van der Waals surface area contributed by atoms with Crippen molar-refractivity contribution in [1.29, 1.82) is 0 Å². The van der Waals surface area contributed by atoms with Gasteiger partial charge in [0.15, 0.2) is 17.7 Å². The number of nitrogens with zero attached hydrogens (tertiary/aromatic N) is 1. The van der Waals surface area contributed by atoms with E-state index in [-0.39, 0.29) is 0 Å². The van der Waals surface area contributed by atoms with Crippen LogP contribution in [0.15, 0.2) is 5.38 Å². The SMILES string of the molecule is C[N+](C)=Cc1scc2c1OCCO2. The Morgan fingerprint density at radius 2 is 2.15 bits per heavy atom. The van der Waals surface area contributed by atoms with Crippen LogP contribution in [0.1, 0.15) is 4.88 Å². The second kappa shape index (κ2) is 3.38. The summed E-state index contributed by atoms with van der Waals surface area (Å²) in [6, 6.07) is 0. The Kier molecular flexibility index (Phi) is 2.22. The molecule has 3 nitrogen and oxygen atoms in total. The average Bonchev–Trinajstić information content (AvgIpc) is 2.48. The lowest BCUT2D eigenvalue weighted by Crippen LogP contribution is -2.15. The fourth-order valence-electron chi connectivity index (χ4n) is 1.21. The molecule has 70 valence electrons. The predicted octanol–water partition coefficient (Wildman–Crippen LogP) is 1.21. The molecule has 0 aliphatic carbocycles. The highest BCUT2D eigenvalue weighted by molar-refractivity contribution is 7.12. The van der Waals surface area contributed by atoms with Crippen LogP contribution in [0.25, 0.3) is 0 Å². The largest absolute Gasteiger partial charge is 0.485 e. The third kappa shape index (κ3) is 1.67. The molecular weight excluding hydrogens is 186 g/mol. The second-order valence-electron chi connectivity index (χ2n) is 3.08.